The second-order valence-corrected chi connectivity index (χ2v) is 10.8. The van der Waals surface area contributed by atoms with Gasteiger partial charge in [-0.1, -0.05) is 54.1 Å². The van der Waals surface area contributed by atoms with E-state index in [-0.39, 0.29) is 10.8 Å². The van der Waals surface area contributed by atoms with Crippen LogP contribution in [0.15, 0.2) is 83.8 Å². The van der Waals surface area contributed by atoms with E-state index in [0.717, 1.165) is 25.2 Å². The number of halogens is 1. The highest BCUT2D eigenvalue weighted by Crippen LogP contribution is 2.24. The minimum Gasteiger partial charge on any atom is -0.340 e. The van der Waals surface area contributed by atoms with Crippen molar-refractivity contribution in [2.75, 3.05) is 37.5 Å². The third-order valence-electron chi connectivity index (χ3n) is 6.10. The molecule has 0 unspecified atom stereocenters. The fourth-order valence-electron chi connectivity index (χ4n) is 4.01. The van der Waals surface area contributed by atoms with Crippen molar-refractivity contribution in [3.05, 3.63) is 95.0 Å². The number of amides is 1. The molecule has 1 heterocycles. The molecule has 0 spiro atoms. The Hall–Kier alpha value is -2.87. The predicted molar refractivity (Wildman–Crippen MR) is 135 cm³/mol. The number of hydrogen-bond donors (Lipinski definition) is 0. The van der Waals surface area contributed by atoms with Crippen molar-refractivity contribution < 1.29 is 13.2 Å². The fourth-order valence-corrected chi connectivity index (χ4v) is 5.33. The molecule has 0 N–H and O–H groups in total. The molecule has 0 radical (unpaired) electrons. The maximum absolute atomic E-state index is 12.9. The van der Waals surface area contributed by atoms with Gasteiger partial charge in [0.15, 0.2) is 0 Å². The van der Waals surface area contributed by atoms with Crippen molar-refractivity contribution in [3.8, 4) is 0 Å². The summed E-state index contributed by atoms with van der Waals surface area (Å²) in [6.45, 7) is 4.04. The van der Waals surface area contributed by atoms with E-state index in [1.54, 1.807) is 24.3 Å². The van der Waals surface area contributed by atoms with Gasteiger partial charge in [-0.25, -0.2) is 8.42 Å². The van der Waals surface area contributed by atoms with Gasteiger partial charge in [-0.3, -0.25) is 14.0 Å². The van der Waals surface area contributed by atoms with Crippen LogP contribution in [-0.2, 0) is 27.8 Å². The van der Waals surface area contributed by atoms with E-state index >= 15 is 0 Å². The lowest BCUT2D eigenvalue weighted by Gasteiger charge is -2.34. The number of benzene rings is 3. The third-order valence-corrected chi connectivity index (χ3v) is 8.15. The Morgan fingerprint density at radius 2 is 1.47 bits per heavy atom. The number of nitrogens with zero attached hydrogens (tertiary/aromatic N) is 3. The van der Waals surface area contributed by atoms with Crippen LogP contribution in [0.2, 0.25) is 5.02 Å². The van der Waals surface area contributed by atoms with Gasteiger partial charge in [0.25, 0.3) is 10.0 Å². The van der Waals surface area contributed by atoms with Crippen LogP contribution in [0.4, 0.5) is 5.69 Å². The van der Waals surface area contributed by atoms with Crippen molar-refractivity contribution in [2.45, 2.75) is 17.9 Å². The molecule has 34 heavy (non-hydrogen) atoms. The van der Waals surface area contributed by atoms with Gasteiger partial charge in [0.05, 0.1) is 17.0 Å². The molecule has 178 valence electrons. The Morgan fingerprint density at radius 1 is 0.853 bits per heavy atom. The molecule has 0 bridgehead atoms. The first kappa shape index (κ1) is 24.3. The summed E-state index contributed by atoms with van der Waals surface area (Å²) in [4.78, 5) is 17.3. The van der Waals surface area contributed by atoms with Crippen LogP contribution in [0.3, 0.4) is 0 Å². The van der Waals surface area contributed by atoms with Crippen molar-refractivity contribution in [1.29, 1.82) is 0 Å². The molecular weight excluding hydrogens is 470 g/mol. The zero-order valence-electron chi connectivity index (χ0n) is 19.1. The minimum absolute atomic E-state index is 0.0919. The first-order valence-corrected chi connectivity index (χ1v) is 13.0. The lowest BCUT2D eigenvalue weighted by atomic mass is 10.1. The molecular formula is C26H28ClN3O3S. The Bertz CT molecular complexity index is 1210. The van der Waals surface area contributed by atoms with Crippen LogP contribution in [-0.4, -0.2) is 57.4 Å². The molecule has 3 aromatic rings. The molecule has 1 saturated heterocycles. The highest BCUT2D eigenvalue weighted by atomic mass is 35.5. The number of sulfonamides is 1. The Labute approximate surface area is 206 Å². The Balaban J connectivity index is 1.32. The number of piperazine rings is 1. The molecule has 0 aromatic heterocycles. The van der Waals surface area contributed by atoms with Gasteiger partial charge < -0.3 is 4.90 Å². The van der Waals surface area contributed by atoms with Crippen LogP contribution in [0, 0.1) is 0 Å². The molecule has 0 aliphatic carbocycles. The SMILES string of the molecule is CN(c1ccc(CC(=O)N2CCN(Cc3ccccc3)CC2)cc1)S(=O)(=O)c1ccc(Cl)cc1. The molecule has 1 aliphatic heterocycles. The molecule has 1 amide bonds. The smallest absolute Gasteiger partial charge is 0.264 e. The van der Waals surface area contributed by atoms with Crippen LogP contribution in [0.25, 0.3) is 0 Å². The Kier molecular flexibility index (Phi) is 7.56. The van der Waals surface area contributed by atoms with Crippen LogP contribution >= 0.6 is 11.6 Å². The number of hydrogen-bond acceptors (Lipinski definition) is 4. The van der Waals surface area contributed by atoms with E-state index in [1.165, 1.54) is 29.0 Å². The largest absolute Gasteiger partial charge is 0.340 e. The summed E-state index contributed by atoms with van der Waals surface area (Å²) in [7, 11) is -2.18. The molecule has 0 atom stereocenters. The summed E-state index contributed by atoms with van der Waals surface area (Å²) in [6.07, 6.45) is 0.298. The topological polar surface area (TPSA) is 60.9 Å². The summed E-state index contributed by atoms with van der Waals surface area (Å²) in [5.74, 6) is 0.0919. The minimum atomic E-state index is -3.69. The van der Waals surface area contributed by atoms with Gasteiger partial charge in [-0.05, 0) is 47.5 Å². The molecule has 6 nitrogen and oxygen atoms in total. The van der Waals surface area contributed by atoms with Crippen LogP contribution in [0.1, 0.15) is 11.1 Å². The summed E-state index contributed by atoms with van der Waals surface area (Å²) in [5.41, 5.74) is 2.67. The first-order valence-electron chi connectivity index (χ1n) is 11.2. The summed E-state index contributed by atoms with van der Waals surface area (Å²) in [5, 5.41) is 0.480. The quantitative estimate of drug-likeness (QED) is 0.494. The zero-order valence-corrected chi connectivity index (χ0v) is 20.7. The Morgan fingerprint density at radius 3 is 2.09 bits per heavy atom. The van der Waals surface area contributed by atoms with Gasteiger partial charge in [-0.15, -0.1) is 0 Å². The van der Waals surface area contributed by atoms with E-state index in [9.17, 15) is 13.2 Å². The van der Waals surface area contributed by atoms with Gasteiger partial charge in [0.2, 0.25) is 5.91 Å². The summed E-state index contributed by atoms with van der Waals surface area (Å²) < 4.78 is 27.0. The standard InChI is InChI=1S/C26H28ClN3O3S/c1-28(34(32,33)25-13-9-23(27)10-14-25)24-11-7-21(8-12-24)19-26(31)30-17-15-29(16-18-30)20-22-5-3-2-4-6-22/h2-14H,15-20H2,1H3. The highest BCUT2D eigenvalue weighted by Gasteiger charge is 2.23. The third kappa shape index (κ3) is 5.78. The number of carbonyl (C=O) groups excluding carboxylic acids is 1. The highest BCUT2D eigenvalue weighted by molar-refractivity contribution is 7.92. The number of rotatable bonds is 7. The molecule has 4 rings (SSSR count). The van der Waals surface area contributed by atoms with Gasteiger partial charge in [-0.2, -0.15) is 0 Å². The second-order valence-electron chi connectivity index (χ2n) is 8.41. The predicted octanol–water partition coefficient (Wildman–Crippen LogP) is 4.05. The molecule has 3 aromatic carbocycles. The fraction of sp³-hybridized carbons (Fsp3) is 0.269. The summed E-state index contributed by atoms with van der Waals surface area (Å²) >= 11 is 5.87. The van der Waals surface area contributed by atoms with Gasteiger partial charge >= 0.3 is 0 Å². The average molecular weight is 498 g/mol. The van der Waals surface area contributed by atoms with Crippen molar-refractivity contribution in [2.24, 2.45) is 0 Å². The van der Waals surface area contributed by atoms with Gasteiger partial charge in [0, 0.05) is 44.8 Å². The average Bonchev–Trinajstić information content (AvgIpc) is 2.85. The van der Waals surface area contributed by atoms with E-state index in [1.807, 2.05) is 35.2 Å². The summed E-state index contributed by atoms with van der Waals surface area (Å²) in [6, 6.07) is 23.5. The van der Waals surface area contributed by atoms with E-state index in [4.69, 9.17) is 11.6 Å². The van der Waals surface area contributed by atoms with Crippen molar-refractivity contribution in [3.63, 3.8) is 0 Å². The number of anilines is 1. The van der Waals surface area contributed by atoms with E-state index in [2.05, 4.69) is 17.0 Å². The lowest BCUT2D eigenvalue weighted by molar-refractivity contribution is -0.132. The maximum Gasteiger partial charge on any atom is 0.264 e. The van der Waals surface area contributed by atoms with Gasteiger partial charge in [0.1, 0.15) is 0 Å². The van der Waals surface area contributed by atoms with Crippen molar-refractivity contribution in [1.82, 2.24) is 9.80 Å². The molecule has 8 heteroatoms. The molecule has 1 fully saturated rings. The zero-order chi connectivity index (χ0) is 24.1. The normalized spacial score (nSPS) is 14.7. The van der Waals surface area contributed by atoms with Crippen LogP contribution < -0.4 is 4.31 Å². The second kappa shape index (κ2) is 10.6. The molecule has 1 aliphatic rings. The van der Waals surface area contributed by atoms with E-state index < -0.39 is 10.0 Å². The number of carbonyl (C=O) groups is 1. The van der Waals surface area contributed by atoms with Crippen LogP contribution in [0.5, 0.6) is 0 Å². The molecule has 0 saturated carbocycles. The first-order chi connectivity index (χ1) is 16.3. The lowest BCUT2D eigenvalue weighted by Crippen LogP contribution is -2.48. The maximum atomic E-state index is 12.9. The van der Waals surface area contributed by atoms with E-state index in [0.29, 0.717) is 30.2 Å². The van der Waals surface area contributed by atoms with Crippen molar-refractivity contribution >= 4 is 33.2 Å². The monoisotopic (exact) mass is 497 g/mol.